The predicted octanol–water partition coefficient (Wildman–Crippen LogP) is 18.5. The second-order valence-electron chi connectivity index (χ2n) is 16.8. The van der Waals surface area contributed by atoms with Crippen molar-refractivity contribution in [2.24, 2.45) is 0 Å². The van der Waals surface area contributed by atoms with E-state index in [4.69, 9.17) is 0 Å². The second-order valence-corrected chi connectivity index (χ2v) is 17.8. The molecule has 2 heteroatoms. The van der Waals surface area contributed by atoms with Crippen LogP contribution in [0.1, 0.15) is 0 Å². The van der Waals surface area contributed by atoms with Crippen molar-refractivity contribution >= 4 is 80.8 Å². The smallest absolute Gasteiger partial charge is 0.0541 e. The molecule has 0 N–H and O–H groups in total. The highest BCUT2D eigenvalue weighted by atomic mass is 79.9. The molecule has 1 aromatic heterocycles. The quantitative estimate of drug-likeness (QED) is 0.152. The molecule has 13 aromatic rings. The lowest BCUT2D eigenvalue weighted by Crippen LogP contribution is -1.94. The Bertz CT molecular complexity index is 3740. The molecule has 66 heavy (non-hydrogen) atoms. The number of para-hydroxylation sites is 2. The highest BCUT2D eigenvalue weighted by molar-refractivity contribution is 9.10. The predicted molar refractivity (Wildman–Crippen MR) is 287 cm³/mol. The highest BCUT2D eigenvalue weighted by Crippen LogP contribution is 2.45. The molecular weight excluding hydrogens is 863 g/mol. The number of hydrogen-bond donors (Lipinski definition) is 0. The third-order valence-electron chi connectivity index (χ3n) is 13.1. The molecule has 0 radical (unpaired) electrons. The second kappa shape index (κ2) is 16.8. The van der Waals surface area contributed by atoms with E-state index in [1.807, 2.05) is 0 Å². The first kappa shape index (κ1) is 39.5. The van der Waals surface area contributed by atoms with Gasteiger partial charge in [0.2, 0.25) is 0 Å². The van der Waals surface area contributed by atoms with Gasteiger partial charge >= 0.3 is 0 Å². The molecule has 0 spiro atoms. The van der Waals surface area contributed by atoms with Gasteiger partial charge in [-0.25, -0.2) is 0 Å². The van der Waals surface area contributed by atoms with Crippen LogP contribution in [0.25, 0.3) is 115 Å². The Morgan fingerprint density at radius 2 is 0.455 bits per heavy atom. The van der Waals surface area contributed by atoms with E-state index in [1.165, 1.54) is 115 Å². The van der Waals surface area contributed by atoms with Crippen LogP contribution in [-0.4, -0.2) is 4.57 Å². The monoisotopic (exact) mass is 903 g/mol. The Morgan fingerprint density at radius 1 is 0.212 bits per heavy atom. The summed E-state index contributed by atoms with van der Waals surface area (Å²) in [6.07, 6.45) is 0. The average molecular weight is 905 g/mol. The first-order chi connectivity index (χ1) is 32.7. The maximum Gasteiger partial charge on any atom is 0.0541 e. The summed E-state index contributed by atoms with van der Waals surface area (Å²) in [6.45, 7) is 0. The lowest BCUT2D eigenvalue weighted by atomic mass is 9.86. The zero-order valence-electron chi connectivity index (χ0n) is 36.1. The van der Waals surface area contributed by atoms with Gasteiger partial charge in [0, 0.05) is 20.9 Å². The lowest BCUT2D eigenvalue weighted by molar-refractivity contribution is 1.18. The summed E-state index contributed by atoms with van der Waals surface area (Å²) < 4.78 is 3.48. The third-order valence-corrected chi connectivity index (χ3v) is 13.6. The molecule has 0 bridgehead atoms. The minimum absolute atomic E-state index is 1.10. The van der Waals surface area contributed by atoms with Crippen LogP contribution >= 0.6 is 15.9 Å². The molecule has 1 heterocycles. The van der Waals surface area contributed by atoms with Crippen LogP contribution in [0.5, 0.6) is 0 Å². The first-order valence-electron chi connectivity index (χ1n) is 22.5. The Balaban J connectivity index is 0.000000148. The summed E-state index contributed by atoms with van der Waals surface area (Å²) in [5.41, 5.74) is 13.8. The number of nitrogens with zero attached hydrogens (tertiary/aromatic N) is 1. The molecule has 0 unspecified atom stereocenters. The summed E-state index contributed by atoms with van der Waals surface area (Å²) in [5, 5.41) is 12.8. The highest BCUT2D eigenvalue weighted by Gasteiger charge is 2.19. The molecule has 0 aliphatic rings. The van der Waals surface area contributed by atoms with Crippen LogP contribution in [0.3, 0.4) is 0 Å². The van der Waals surface area contributed by atoms with Gasteiger partial charge in [0.25, 0.3) is 0 Å². The van der Waals surface area contributed by atoms with Crippen LogP contribution in [0.4, 0.5) is 0 Å². The Hall–Kier alpha value is -8.04. The Morgan fingerprint density at radius 3 is 0.773 bits per heavy atom. The molecule has 310 valence electrons. The Kier molecular flexibility index (Phi) is 10.1. The summed E-state index contributed by atoms with van der Waals surface area (Å²) in [6, 6.07) is 91.7. The normalized spacial score (nSPS) is 11.4. The van der Waals surface area contributed by atoms with Gasteiger partial charge in [0.1, 0.15) is 0 Å². The fraction of sp³-hybridized carbons (Fsp3) is 0. The van der Waals surface area contributed by atoms with E-state index in [0.717, 1.165) is 4.47 Å². The molecule has 0 atom stereocenters. The largest absolute Gasteiger partial charge is 0.309 e. The van der Waals surface area contributed by atoms with Gasteiger partial charge in [-0.2, -0.15) is 0 Å². The van der Waals surface area contributed by atoms with Crippen molar-refractivity contribution < 1.29 is 0 Å². The van der Waals surface area contributed by atoms with Gasteiger partial charge in [-0.1, -0.05) is 234 Å². The van der Waals surface area contributed by atoms with E-state index >= 15 is 0 Å². The van der Waals surface area contributed by atoms with Crippen LogP contribution in [0.2, 0.25) is 0 Å². The van der Waals surface area contributed by atoms with Gasteiger partial charge in [0.05, 0.1) is 11.0 Å². The number of halogens is 1. The van der Waals surface area contributed by atoms with Crippen molar-refractivity contribution in [2.75, 3.05) is 0 Å². The van der Waals surface area contributed by atoms with Crippen molar-refractivity contribution in [3.8, 4) is 50.2 Å². The lowest BCUT2D eigenvalue weighted by Gasteiger charge is -2.18. The fourth-order valence-corrected chi connectivity index (χ4v) is 10.6. The van der Waals surface area contributed by atoms with E-state index in [0.29, 0.717) is 0 Å². The fourth-order valence-electron chi connectivity index (χ4n) is 10.3. The van der Waals surface area contributed by atoms with E-state index in [9.17, 15) is 0 Å². The molecule has 13 rings (SSSR count). The van der Waals surface area contributed by atoms with Gasteiger partial charge in [-0.05, 0) is 124 Å². The SMILES string of the molecule is Brc1ccc(-c2c3ccccc3c(-c3ccccc3)c3ccccc23)cc1.c1ccc(-c2c3ccccc3c(-c3ccc(-n4c5ccccc5c5ccccc54)cc3)c3ccccc23)cc1. The molecule has 12 aromatic carbocycles. The minimum Gasteiger partial charge on any atom is -0.309 e. The molecular formula is C64H42BrN. The minimum atomic E-state index is 1.10. The van der Waals surface area contributed by atoms with Crippen LogP contribution in [0, 0.1) is 0 Å². The van der Waals surface area contributed by atoms with Crippen LogP contribution in [-0.2, 0) is 0 Å². The summed E-state index contributed by atoms with van der Waals surface area (Å²) >= 11 is 3.56. The number of rotatable bonds is 5. The first-order valence-corrected chi connectivity index (χ1v) is 23.3. The zero-order valence-corrected chi connectivity index (χ0v) is 37.7. The van der Waals surface area contributed by atoms with Crippen molar-refractivity contribution in [3.05, 3.63) is 259 Å². The maximum absolute atomic E-state index is 3.56. The third kappa shape index (κ3) is 6.77. The van der Waals surface area contributed by atoms with E-state index < -0.39 is 0 Å². The number of hydrogen-bond acceptors (Lipinski definition) is 0. The van der Waals surface area contributed by atoms with Crippen molar-refractivity contribution in [1.29, 1.82) is 0 Å². The Labute approximate surface area is 392 Å². The van der Waals surface area contributed by atoms with Crippen molar-refractivity contribution in [1.82, 2.24) is 4.57 Å². The zero-order chi connectivity index (χ0) is 44.0. The number of benzene rings is 12. The molecule has 0 aliphatic carbocycles. The van der Waals surface area contributed by atoms with E-state index in [-0.39, 0.29) is 0 Å². The van der Waals surface area contributed by atoms with E-state index in [1.54, 1.807) is 0 Å². The molecule has 0 fully saturated rings. The van der Waals surface area contributed by atoms with Gasteiger partial charge in [-0.3, -0.25) is 0 Å². The topological polar surface area (TPSA) is 4.93 Å². The maximum atomic E-state index is 3.56. The van der Waals surface area contributed by atoms with Gasteiger partial charge < -0.3 is 4.57 Å². The summed E-state index contributed by atoms with van der Waals surface area (Å²) in [4.78, 5) is 0. The van der Waals surface area contributed by atoms with Gasteiger partial charge in [0.15, 0.2) is 0 Å². The van der Waals surface area contributed by atoms with Crippen LogP contribution in [0.15, 0.2) is 259 Å². The van der Waals surface area contributed by atoms with Crippen molar-refractivity contribution in [3.63, 3.8) is 0 Å². The summed E-state index contributed by atoms with van der Waals surface area (Å²) in [5.74, 6) is 0. The van der Waals surface area contributed by atoms with Crippen molar-refractivity contribution in [2.45, 2.75) is 0 Å². The number of aromatic nitrogens is 1. The molecule has 0 saturated heterocycles. The number of fused-ring (bicyclic) bond motifs is 7. The van der Waals surface area contributed by atoms with E-state index in [2.05, 4.69) is 275 Å². The molecule has 1 nitrogen and oxygen atoms in total. The molecule has 0 saturated carbocycles. The standard InChI is InChI=1S/C38H25N.C26H17Br/c1-2-12-26(13-3-1)37-31-16-4-6-18-33(31)38(34-19-7-5-17-32(34)37)27-22-24-28(25-23-27)39-35-20-10-8-14-29(35)30-15-9-11-21-36(30)39;27-20-16-14-19(15-17-20)26-23-12-6-4-10-21(23)25(18-8-2-1-3-9-18)22-11-5-7-13-24(22)26/h1-25H;1-17H. The summed E-state index contributed by atoms with van der Waals surface area (Å²) in [7, 11) is 0. The average Bonchev–Trinajstić information content (AvgIpc) is 3.72. The molecule has 0 amide bonds. The van der Waals surface area contributed by atoms with Crippen LogP contribution < -0.4 is 0 Å². The molecule has 0 aliphatic heterocycles. The van der Waals surface area contributed by atoms with Gasteiger partial charge in [-0.15, -0.1) is 0 Å².